The number of piperidine rings is 1. The highest BCUT2D eigenvalue weighted by atomic mass is 16.3. The van der Waals surface area contributed by atoms with E-state index in [0.717, 1.165) is 45.3 Å². The monoisotopic (exact) mass is 291 g/mol. The summed E-state index contributed by atoms with van der Waals surface area (Å²) in [5.74, 6) is 1.72. The molecule has 1 saturated heterocycles. The van der Waals surface area contributed by atoms with Gasteiger partial charge >= 0.3 is 0 Å². The minimum absolute atomic E-state index is 0.507. The Balaban J connectivity index is 1.71. The van der Waals surface area contributed by atoms with Crippen molar-refractivity contribution in [2.45, 2.75) is 69.9 Å². The molecule has 1 aliphatic heterocycles. The van der Waals surface area contributed by atoms with Gasteiger partial charge in [0.2, 0.25) is 0 Å². The van der Waals surface area contributed by atoms with Crippen LogP contribution in [0, 0.1) is 0 Å². The molecule has 1 aromatic rings. The molecule has 0 amide bonds. The molecule has 1 N–H and O–H groups in total. The maximum Gasteiger partial charge on any atom is 0.113 e. The van der Waals surface area contributed by atoms with E-state index >= 15 is 0 Å². The zero-order valence-corrected chi connectivity index (χ0v) is 13.3. The van der Waals surface area contributed by atoms with E-state index in [9.17, 15) is 5.11 Å². The summed E-state index contributed by atoms with van der Waals surface area (Å²) < 4.78 is 2.23. The number of hydrogen-bond donors (Lipinski definition) is 1. The number of aromatic nitrogens is 2. The van der Waals surface area contributed by atoms with Crippen LogP contribution in [-0.4, -0.2) is 44.8 Å². The Morgan fingerprint density at radius 3 is 2.86 bits per heavy atom. The molecule has 118 valence electrons. The van der Waals surface area contributed by atoms with E-state index in [1.54, 1.807) is 0 Å². The third kappa shape index (κ3) is 3.49. The number of likely N-dealkylation sites (N-methyl/N-ethyl adjacent to an activating group) is 1. The van der Waals surface area contributed by atoms with Crippen LogP contribution in [0.3, 0.4) is 0 Å². The Labute approximate surface area is 128 Å². The predicted octanol–water partition coefficient (Wildman–Crippen LogP) is 2.78. The molecule has 0 radical (unpaired) electrons. The summed E-state index contributed by atoms with van der Waals surface area (Å²) in [6, 6.07) is 0. The molecule has 2 aliphatic rings. The van der Waals surface area contributed by atoms with Crippen LogP contribution < -0.4 is 0 Å². The summed E-state index contributed by atoms with van der Waals surface area (Å²) in [5.41, 5.74) is -0.507. The second-order valence-electron chi connectivity index (χ2n) is 6.93. The lowest BCUT2D eigenvalue weighted by molar-refractivity contribution is -0.0125. The van der Waals surface area contributed by atoms with Crippen molar-refractivity contribution < 1.29 is 5.11 Å². The first kappa shape index (κ1) is 15.0. The van der Waals surface area contributed by atoms with E-state index in [0.29, 0.717) is 5.92 Å². The molecular weight excluding hydrogens is 262 g/mol. The smallest absolute Gasteiger partial charge is 0.113 e. The molecule has 1 atom stereocenters. The van der Waals surface area contributed by atoms with E-state index in [1.165, 1.54) is 31.6 Å². The van der Waals surface area contributed by atoms with Crippen molar-refractivity contribution in [3.8, 4) is 0 Å². The summed E-state index contributed by atoms with van der Waals surface area (Å²) in [5, 5.41) is 10.8. The van der Waals surface area contributed by atoms with Gasteiger partial charge in [0.1, 0.15) is 5.82 Å². The number of nitrogens with zero attached hydrogens (tertiary/aromatic N) is 3. The molecule has 0 unspecified atom stereocenters. The molecule has 0 spiro atoms. The number of likely N-dealkylation sites (tertiary alicyclic amines) is 1. The standard InChI is InChI=1S/C17H29N3O/c1-2-19-11-6-7-15(13-19)16-18-10-12-20(16)14-17(21)8-4-3-5-9-17/h10,12,15,21H,2-9,11,13-14H2,1H3/t15-/m0/s1. The molecule has 21 heavy (non-hydrogen) atoms. The number of rotatable bonds is 4. The van der Waals surface area contributed by atoms with Crippen molar-refractivity contribution in [2.75, 3.05) is 19.6 Å². The van der Waals surface area contributed by atoms with Crippen LogP contribution in [0.1, 0.15) is 63.6 Å². The van der Waals surface area contributed by atoms with E-state index in [4.69, 9.17) is 0 Å². The molecule has 4 nitrogen and oxygen atoms in total. The van der Waals surface area contributed by atoms with Crippen LogP contribution in [0.25, 0.3) is 0 Å². The second-order valence-corrected chi connectivity index (χ2v) is 6.93. The van der Waals surface area contributed by atoms with E-state index in [1.807, 2.05) is 6.20 Å². The van der Waals surface area contributed by atoms with Gasteiger partial charge in [-0.15, -0.1) is 0 Å². The number of imidazole rings is 1. The fraction of sp³-hybridized carbons (Fsp3) is 0.824. The van der Waals surface area contributed by atoms with Gasteiger partial charge in [-0.2, -0.15) is 0 Å². The second kappa shape index (κ2) is 6.49. The number of hydrogen-bond acceptors (Lipinski definition) is 3. The van der Waals surface area contributed by atoms with Crippen molar-refractivity contribution >= 4 is 0 Å². The molecule has 2 fully saturated rings. The van der Waals surface area contributed by atoms with Crippen LogP contribution in [-0.2, 0) is 6.54 Å². The average Bonchev–Trinajstić information content (AvgIpc) is 2.95. The van der Waals surface area contributed by atoms with Gasteiger partial charge in [-0.1, -0.05) is 26.2 Å². The van der Waals surface area contributed by atoms with Crippen LogP contribution in [0.4, 0.5) is 0 Å². The molecule has 2 heterocycles. The van der Waals surface area contributed by atoms with Crippen LogP contribution in [0.15, 0.2) is 12.4 Å². The maximum atomic E-state index is 10.8. The normalized spacial score (nSPS) is 26.9. The predicted molar refractivity (Wildman–Crippen MR) is 84.4 cm³/mol. The Hall–Kier alpha value is -0.870. The zero-order valence-electron chi connectivity index (χ0n) is 13.3. The van der Waals surface area contributed by atoms with Crippen molar-refractivity contribution in [3.63, 3.8) is 0 Å². The SMILES string of the molecule is CCN1CCC[C@H](c2nccn2CC2(O)CCCCC2)C1. The summed E-state index contributed by atoms with van der Waals surface area (Å²) in [7, 11) is 0. The lowest BCUT2D eigenvalue weighted by Gasteiger charge is -2.35. The van der Waals surface area contributed by atoms with Gasteiger partial charge < -0.3 is 14.6 Å². The topological polar surface area (TPSA) is 41.3 Å². The molecule has 0 aromatic carbocycles. The summed E-state index contributed by atoms with van der Waals surface area (Å²) in [4.78, 5) is 7.15. The van der Waals surface area contributed by atoms with Crippen LogP contribution in [0.2, 0.25) is 0 Å². The third-order valence-corrected chi connectivity index (χ3v) is 5.31. The highest BCUT2D eigenvalue weighted by Crippen LogP contribution is 2.32. The molecule has 1 aromatic heterocycles. The zero-order chi connectivity index (χ0) is 14.7. The lowest BCUT2D eigenvalue weighted by Crippen LogP contribution is -2.38. The minimum atomic E-state index is -0.507. The molecule has 3 rings (SSSR count). The summed E-state index contributed by atoms with van der Waals surface area (Å²) >= 11 is 0. The van der Waals surface area contributed by atoms with Crippen LogP contribution >= 0.6 is 0 Å². The minimum Gasteiger partial charge on any atom is -0.388 e. The largest absolute Gasteiger partial charge is 0.388 e. The fourth-order valence-electron chi connectivity index (χ4n) is 4.05. The van der Waals surface area contributed by atoms with Crippen molar-refractivity contribution in [1.82, 2.24) is 14.5 Å². The number of aliphatic hydroxyl groups is 1. The molecule has 1 aliphatic carbocycles. The van der Waals surface area contributed by atoms with Crippen molar-refractivity contribution in [2.24, 2.45) is 0 Å². The van der Waals surface area contributed by atoms with Gasteiger partial charge in [0, 0.05) is 24.9 Å². The Bertz CT molecular complexity index is 451. The Kier molecular flexibility index (Phi) is 4.65. The Morgan fingerprint density at radius 2 is 2.10 bits per heavy atom. The lowest BCUT2D eigenvalue weighted by atomic mass is 9.84. The van der Waals surface area contributed by atoms with Gasteiger partial charge in [-0.05, 0) is 38.8 Å². The van der Waals surface area contributed by atoms with Gasteiger partial charge in [0.05, 0.1) is 12.1 Å². The summed E-state index contributed by atoms with van der Waals surface area (Å²) in [6.07, 6.45) is 11.9. The van der Waals surface area contributed by atoms with E-state index in [-0.39, 0.29) is 0 Å². The van der Waals surface area contributed by atoms with Crippen molar-refractivity contribution in [1.29, 1.82) is 0 Å². The Morgan fingerprint density at radius 1 is 1.29 bits per heavy atom. The molecule has 0 bridgehead atoms. The van der Waals surface area contributed by atoms with Gasteiger partial charge in [-0.25, -0.2) is 4.98 Å². The van der Waals surface area contributed by atoms with Crippen LogP contribution in [0.5, 0.6) is 0 Å². The first-order valence-corrected chi connectivity index (χ1v) is 8.66. The average molecular weight is 291 g/mol. The summed E-state index contributed by atoms with van der Waals surface area (Å²) in [6.45, 7) is 6.43. The highest BCUT2D eigenvalue weighted by molar-refractivity contribution is 5.04. The maximum absolute atomic E-state index is 10.8. The van der Waals surface area contributed by atoms with E-state index < -0.39 is 5.60 Å². The van der Waals surface area contributed by atoms with Gasteiger partial charge in [0.25, 0.3) is 0 Å². The first-order chi connectivity index (χ1) is 10.2. The molecule has 1 saturated carbocycles. The fourth-order valence-corrected chi connectivity index (χ4v) is 4.05. The van der Waals surface area contributed by atoms with Gasteiger partial charge in [-0.3, -0.25) is 0 Å². The van der Waals surface area contributed by atoms with Gasteiger partial charge in [0.15, 0.2) is 0 Å². The highest BCUT2D eigenvalue weighted by Gasteiger charge is 2.31. The third-order valence-electron chi connectivity index (χ3n) is 5.31. The van der Waals surface area contributed by atoms with Crippen molar-refractivity contribution in [3.05, 3.63) is 18.2 Å². The van der Waals surface area contributed by atoms with E-state index in [2.05, 4.69) is 27.6 Å². The first-order valence-electron chi connectivity index (χ1n) is 8.66. The molecule has 4 heteroatoms. The molecular formula is C17H29N3O. The quantitative estimate of drug-likeness (QED) is 0.927.